The molecule has 2 aromatic heterocycles. The first-order chi connectivity index (χ1) is 27.7. The molecule has 16 nitrogen and oxygen atoms in total. The third kappa shape index (κ3) is 10.7. The second-order valence-corrected chi connectivity index (χ2v) is 21.6. The SMILES string of the molecule is CC(C)(C)[S@+]([O-])N[C@@H]1c2c3c(nn2CC12CCNCC2)COC3.CC(C)(C)[S@+]([O-])N[C@@H]1c2c3c(nn2CC12CCNCC2)COC3.O=C(O)C(F)(F)F.O=C(O)C(F)(F)F. The van der Waals surface area contributed by atoms with Crippen LogP contribution < -0.4 is 20.1 Å². The van der Waals surface area contributed by atoms with Crippen molar-refractivity contribution in [3.63, 3.8) is 0 Å². The van der Waals surface area contributed by atoms with Gasteiger partial charge in [-0.2, -0.15) is 36.5 Å². The van der Waals surface area contributed by atoms with Crippen LogP contribution in [0.1, 0.15) is 113 Å². The Morgan fingerprint density at radius 3 is 1.23 bits per heavy atom. The number of aromatic nitrogens is 4. The van der Waals surface area contributed by atoms with E-state index in [1.165, 1.54) is 22.5 Å². The molecule has 0 radical (unpaired) electrons. The van der Waals surface area contributed by atoms with Crippen LogP contribution in [-0.2, 0) is 81.3 Å². The summed E-state index contributed by atoms with van der Waals surface area (Å²) >= 11 is -2.19. The number of fused-ring (bicyclic) bond motifs is 6. The van der Waals surface area contributed by atoms with Gasteiger partial charge in [0.2, 0.25) is 0 Å². The third-order valence-corrected chi connectivity index (χ3v) is 14.4. The summed E-state index contributed by atoms with van der Waals surface area (Å²) in [6.07, 6.45) is -5.81. The largest absolute Gasteiger partial charge is 0.598 e. The standard InChI is InChI=1S/2C16H26N4O2S.2C2HF3O2/c2*1-15(2,3)23(21)19-14-13-11-8-22-9-12(11)18-20(13)10-16(14)4-6-17-7-5-16;2*3-2(4,5)1(6)7/h2*14,17,19H,4-10H2,1-3H3;2*(H,6,7)/t2*14-,23+;;/m11../s1. The van der Waals surface area contributed by atoms with Crippen molar-refractivity contribution in [2.75, 3.05) is 26.2 Å². The normalized spacial score (nSPS) is 23.5. The van der Waals surface area contributed by atoms with E-state index < -0.39 is 47.0 Å². The number of rotatable bonds is 4. The zero-order chi connectivity index (χ0) is 44.6. The zero-order valence-corrected chi connectivity index (χ0v) is 35.9. The molecule has 0 aromatic carbocycles. The highest BCUT2D eigenvalue weighted by Gasteiger charge is 2.54. The van der Waals surface area contributed by atoms with Gasteiger partial charge in [0.25, 0.3) is 0 Å². The molecule has 8 rings (SSSR count). The Morgan fingerprint density at radius 2 is 0.967 bits per heavy atom. The number of hydrogen-bond acceptors (Lipinski definition) is 12. The lowest BCUT2D eigenvalue weighted by atomic mass is 9.73. The van der Waals surface area contributed by atoms with Crippen molar-refractivity contribution < 1.29 is 64.7 Å². The lowest BCUT2D eigenvalue weighted by Gasteiger charge is -2.39. The molecule has 2 fully saturated rings. The molecular weight excluding hydrogens is 851 g/mol. The second-order valence-electron chi connectivity index (χ2n) is 17.6. The highest BCUT2D eigenvalue weighted by Crippen LogP contribution is 2.52. The Labute approximate surface area is 349 Å². The van der Waals surface area contributed by atoms with E-state index in [2.05, 4.69) is 29.4 Å². The summed E-state index contributed by atoms with van der Waals surface area (Å²) < 4.78 is 111. The van der Waals surface area contributed by atoms with Crippen LogP contribution >= 0.6 is 0 Å². The number of ether oxygens (including phenoxy) is 2. The van der Waals surface area contributed by atoms with Gasteiger partial charge in [-0.25, -0.2) is 9.59 Å². The minimum absolute atomic E-state index is 0.0996. The molecule has 2 aromatic rings. The van der Waals surface area contributed by atoms with Gasteiger partial charge in [-0.05, 0) is 93.4 Å². The molecule has 0 amide bonds. The van der Waals surface area contributed by atoms with Crippen LogP contribution in [0.25, 0.3) is 0 Å². The lowest BCUT2D eigenvalue weighted by molar-refractivity contribution is -0.193. The molecule has 340 valence electrons. The molecule has 6 N–H and O–H groups in total. The van der Waals surface area contributed by atoms with E-state index in [4.69, 9.17) is 39.5 Å². The molecule has 2 saturated heterocycles. The number of nitrogens with zero attached hydrogens (tertiary/aromatic N) is 4. The summed E-state index contributed by atoms with van der Waals surface area (Å²) in [4.78, 5) is 17.8. The Bertz CT molecular complexity index is 1710. The Kier molecular flexibility index (Phi) is 14.7. The van der Waals surface area contributed by atoms with Crippen LogP contribution in [0.15, 0.2) is 0 Å². The maximum atomic E-state index is 12.8. The monoisotopic (exact) mass is 904 g/mol. The number of nitrogens with one attached hydrogen (secondary N) is 4. The molecule has 0 bridgehead atoms. The van der Waals surface area contributed by atoms with Gasteiger partial charge >= 0.3 is 24.3 Å². The van der Waals surface area contributed by atoms with Gasteiger partial charge in [0, 0.05) is 57.8 Å². The average Bonchev–Trinajstić information content (AvgIpc) is 3.97. The third-order valence-electron chi connectivity index (χ3n) is 11.3. The Hall–Kier alpha value is -2.68. The highest BCUT2D eigenvalue weighted by atomic mass is 32.2. The van der Waals surface area contributed by atoms with Crippen molar-refractivity contribution in [1.29, 1.82) is 0 Å². The molecule has 24 heteroatoms. The molecule has 0 saturated carbocycles. The van der Waals surface area contributed by atoms with E-state index in [0.29, 0.717) is 26.4 Å². The van der Waals surface area contributed by atoms with Gasteiger partial charge in [-0.15, -0.1) is 9.44 Å². The number of hydrogen-bond donors (Lipinski definition) is 6. The molecule has 0 aliphatic carbocycles. The van der Waals surface area contributed by atoms with E-state index in [-0.39, 0.29) is 32.4 Å². The van der Waals surface area contributed by atoms with Crippen molar-refractivity contribution in [3.8, 4) is 0 Å². The van der Waals surface area contributed by atoms with Crippen molar-refractivity contribution in [2.24, 2.45) is 10.8 Å². The fourth-order valence-electron chi connectivity index (χ4n) is 8.09. The summed E-state index contributed by atoms with van der Waals surface area (Å²) in [7, 11) is 0. The Morgan fingerprint density at radius 1 is 0.667 bits per heavy atom. The van der Waals surface area contributed by atoms with E-state index in [1.807, 2.05) is 41.5 Å². The van der Waals surface area contributed by atoms with Crippen molar-refractivity contribution in [2.45, 2.75) is 141 Å². The van der Waals surface area contributed by atoms with Crippen LogP contribution in [0, 0.1) is 10.8 Å². The topological polar surface area (TPSA) is 223 Å². The van der Waals surface area contributed by atoms with Gasteiger partial charge in [0.1, 0.15) is 21.6 Å². The second kappa shape index (κ2) is 18.2. The molecule has 60 heavy (non-hydrogen) atoms. The number of aliphatic carboxylic acids is 2. The summed E-state index contributed by atoms with van der Waals surface area (Å²) in [5.74, 6) is -5.51. The number of halogens is 6. The maximum absolute atomic E-state index is 12.8. The van der Waals surface area contributed by atoms with Crippen LogP contribution in [0.2, 0.25) is 0 Å². The van der Waals surface area contributed by atoms with Crippen LogP contribution in [0.3, 0.4) is 0 Å². The minimum atomic E-state index is -5.08. The summed E-state index contributed by atoms with van der Waals surface area (Å²) in [6.45, 7) is 20.5. The van der Waals surface area contributed by atoms with E-state index in [1.54, 1.807) is 0 Å². The predicted molar refractivity (Wildman–Crippen MR) is 205 cm³/mol. The van der Waals surface area contributed by atoms with Crippen molar-refractivity contribution in [1.82, 2.24) is 39.6 Å². The average molecular weight is 905 g/mol. The smallest absolute Gasteiger partial charge is 0.490 e. The fraction of sp³-hybridized carbons (Fsp3) is 0.778. The first-order valence-electron chi connectivity index (χ1n) is 19.4. The van der Waals surface area contributed by atoms with E-state index in [9.17, 15) is 35.4 Å². The minimum Gasteiger partial charge on any atom is -0.598 e. The van der Waals surface area contributed by atoms with Crippen molar-refractivity contribution in [3.05, 3.63) is 33.9 Å². The van der Waals surface area contributed by atoms with Crippen LogP contribution in [-0.4, -0.2) is 98.8 Å². The van der Waals surface area contributed by atoms with Crippen LogP contribution in [0.5, 0.6) is 0 Å². The molecule has 8 heterocycles. The van der Waals surface area contributed by atoms with E-state index >= 15 is 0 Å². The van der Waals surface area contributed by atoms with E-state index in [0.717, 1.165) is 76.3 Å². The molecule has 0 unspecified atom stereocenters. The number of alkyl halides is 6. The zero-order valence-electron chi connectivity index (χ0n) is 34.3. The van der Waals surface area contributed by atoms with Gasteiger partial charge in [0.15, 0.2) is 0 Å². The summed E-state index contributed by atoms with van der Waals surface area (Å²) in [6, 6.07) is 0.199. The molecular formula is C36H54F6N8O8S2. The number of carbonyl (C=O) groups is 2. The van der Waals surface area contributed by atoms with Crippen LogP contribution in [0.4, 0.5) is 26.3 Å². The first kappa shape index (κ1) is 48.4. The number of carboxylic acid groups (broad SMARTS) is 2. The van der Waals surface area contributed by atoms with Crippen molar-refractivity contribution >= 4 is 34.7 Å². The lowest BCUT2D eigenvalue weighted by Crippen LogP contribution is -2.49. The first-order valence-corrected chi connectivity index (χ1v) is 21.7. The number of carboxylic acids is 2. The van der Waals surface area contributed by atoms with Gasteiger partial charge in [0.05, 0.1) is 49.2 Å². The van der Waals surface area contributed by atoms with Gasteiger partial charge in [-0.1, -0.05) is 0 Å². The molecule has 4 atom stereocenters. The molecule has 6 aliphatic rings. The Balaban J connectivity index is 0.000000174. The number of piperidine rings is 2. The summed E-state index contributed by atoms with van der Waals surface area (Å²) in [5.41, 5.74) is 7.26. The van der Waals surface area contributed by atoms with Gasteiger partial charge in [-0.3, -0.25) is 9.36 Å². The highest BCUT2D eigenvalue weighted by molar-refractivity contribution is 7.91. The quantitative estimate of drug-likeness (QED) is 0.188. The summed E-state index contributed by atoms with van der Waals surface area (Å²) in [5, 5.41) is 30.7. The predicted octanol–water partition coefficient (Wildman–Crippen LogP) is 4.05. The fourth-order valence-corrected chi connectivity index (χ4v) is 9.95. The maximum Gasteiger partial charge on any atom is 0.490 e. The molecule has 6 aliphatic heterocycles. The van der Waals surface area contributed by atoms with Gasteiger partial charge < -0.3 is 39.4 Å². The molecule has 2 spiro atoms.